The largest absolute Gasteiger partial charge is 0.332 e. The van der Waals surface area contributed by atoms with E-state index in [-0.39, 0.29) is 18.0 Å². The van der Waals surface area contributed by atoms with Crippen LogP contribution in [0.1, 0.15) is 18.4 Å². The predicted molar refractivity (Wildman–Crippen MR) is 73.8 cm³/mol. The molecule has 2 rings (SSSR count). The number of likely N-dealkylation sites (tertiary alicyclic amines) is 1. The average molecular weight is 260 g/mol. The molecule has 1 heterocycles. The smallest absolute Gasteiger partial charge is 0.240 e. The van der Waals surface area contributed by atoms with Gasteiger partial charge < -0.3 is 15.0 Å². The molecule has 1 amide bonds. The van der Waals surface area contributed by atoms with Gasteiger partial charge in [-0.3, -0.25) is 4.79 Å². The Morgan fingerprint density at radius 2 is 2.16 bits per heavy atom. The first-order chi connectivity index (χ1) is 9.26. The van der Waals surface area contributed by atoms with E-state index in [1.165, 1.54) is 5.56 Å². The fraction of sp³-hybridized carbons (Fsp3) is 0.467. The number of aryl methyl sites for hydroxylation is 1. The Bertz CT molecular complexity index is 433. The number of nitrogens with one attached hydrogen (secondary N) is 1. The number of nitrogens with zero attached hydrogens (tertiary/aromatic N) is 1. The van der Waals surface area contributed by atoms with Crippen LogP contribution in [0.2, 0.25) is 0 Å². The third-order valence-corrected chi connectivity index (χ3v) is 3.72. The summed E-state index contributed by atoms with van der Waals surface area (Å²) in [5.41, 5.74) is 1.20. The Morgan fingerprint density at radius 3 is 2.74 bits per heavy atom. The van der Waals surface area contributed by atoms with Crippen LogP contribution in [0.25, 0.3) is 0 Å². The molecule has 0 aromatic heterocycles. The lowest BCUT2D eigenvalue weighted by molar-refractivity contribution is -0.134. The zero-order valence-electron chi connectivity index (χ0n) is 11.2. The van der Waals surface area contributed by atoms with Crippen LogP contribution in [0.4, 0.5) is 0 Å². The summed E-state index contributed by atoms with van der Waals surface area (Å²) in [5.74, 6) is 0.0488. The first-order valence-electron chi connectivity index (χ1n) is 6.73. The molecule has 1 saturated heterocycles. The van der Waals surface area contributed by atoms with E-state index in [2.05, 4.69) is 5.32 Å². The number of carbonyl (C=O) groups excluding carboxylic acids is 2. The van der Waals surface area contributed by atoms with E-state index < -0.39 is 0 Å². The summed E-state index contributed by atoms with van der Waals surface area (Å²) in [7, 11) is 1.78. The molecule has 0 spiro atoms. The number of hydrogen-bond acceptors (Lipinski definition) is 3. The Balaban J connectivity index is 1.94. The Morgan fingerprint density at radius 1 is 1.42 bits per heavy atom. The second-order valence-electron chi connectivity index (χ2n) is 4.89. The molecule has 1 aliphatic rings. The van der Waals surface area contributed by atoms with Crippen molar-refractivity contribution >= 4 is 12.2 Å². The molecule has 2 unspecified atom stereocenters. The normalized spacial score (nSPS) is 20.6. The highest BCUT2D eigenvalue weighted by Gasteiger charge is 2.34. The molecule has 0 bridgehead atoms. The second-order valence-corrected chi connectivity index (χ2v) is 4.89. The molecule has 4 heteroatoms. The fourth-order valence-electron chi connectivity index (χ4n) is 2.56. The summed E-state index contributed by atoms with van der Waals surface area (Å²) < 4.78 is 0. The first kappa shape index (κ1) is 13.7. The maximum absolute atomic E-state index is 12.1. The van der Waals surface area contributed by atoms with Crippen LogP contribution < -0.4 is 5.32 Å². The minimum atomic E-state index is -0.300. The number of aldehydes is 1. The van der Waals surface area contributed by atoms with Gasteiger partial charge in [-0.25, -0.2) is 0 Å². The highest BCUT2D eigenvalue weighted by molar-refractivity contribution is 5.86. The van der Waals surface area contributed by atoms with Gasteiger partial charge in [-0.1, -0.05) is 30.3 Å². The second kappa shape index (κ2) is 6.48. The maximum atomic E-state index is 12.1. The first-order valence-corrected chi connectivity index (χ1v) is 6.73. The molecule has 19 heavy (non-hydrogen) atoms. The van der Waals surface area contributed by atoms with Crippen molar-refractivity contribution < 1.29 is 9.59 Å². The number of benzene rings is 1. The van der Waals surface area contributed by atoms with E-state index >= 15 is 0 Å². The van der Waals surface area contributed by atoms with Gasteiger partial charge >= 0.3 is 0 Å². The molecule has 2 atom stereocenters. The van der Waals surface area contributed by atoms with Gasteiger partial charge in [0.15, 0.2) is 0 Å². The van der Waals surface area contributed by atoms with E-state index in [0.29, 0.717) is 13.0 Å². The Kier molecular flexibility index (Phi) is 4.68. The van der Waals surface area contributed by atoms with Gasteiger partial charge in [0.25, 0.3) is 0 Å². The van der Waals surface area contributed by atoms with Crippen molar-refractivity contribution in [2.45, 2.75) is 31.3 Å². The third-order valence-electron chi connectivity index (χ3n) is 3.72. The Labute approximate surface area is 113 Å². The van der Waals surface area contributed by atoms with Gasteiger partial charge in [-0.2, -0.15) is 0 Å². The van der Waals surface area contributed by atoms with Gasteiger partial charge in [0.2, 0.25) is 5.91 Å². The monoisotopic (exact) mass is 260 g/mol. The predicted octanol–water partition coefficient (Wildman–Crippen LogP) is 1.01. The highest BCUT2D eigenvalue weighted by atomic mass is 16.2. The molecule has 1 aromatic carbocycles. The van der Waals surface area contributed by atoms with Gasteiger partial charge in [-0.15, -0.1) is 0 Å². The van der Waals surface area contributed by atoms with Crippen LogP contribution in [-0.2, 0) is 16.0 Å². The van der Waals surface area contributed by atoms with Crippen molar-refractivity contribution in [2.24, 2.45) is 0 Å². The highest BCUT2D eigenvalue weighted by Crippen LogP contribution is 2.17. The average Bonchev–Trinajstić information content (AvgIpc) is 2.82. The summed E-state index contributed by atoms with van der Waals surface area (Å²) in [4.78, 5) is 25.0. The molecule has 102 valence electrons. The van der Waals surface area contributed by atoms with Crippen LogP contribution in [0.5, 0.6) is 0 Å². The quantitative estimate of drug-likeness (QED) is 0.777. The number of amides is 1. The SMILES string of the molecule is CNC1CCN(C(C=O)CCc2ccccc2)C1=O. The zero-order valence-corrected chi connectivity index (χ0v) is 11.2. The van der Waals surface area contributed by atoms with Gasteiger partial charge in [0.05, 0.1) is 12.1 Å². The molecule has 1 fully saturated rings. The van der Waals surface area contributed by atoms with Crippen LogP contribution in [0, 0.1) is 0 Å². The van der Waals surface area contributed by atoms with E-state index in [9.17, 15) is 9.59 Å². The van der Waals surface area contributed by atoms with E-state index in [1.54, 1.807) is 11.9 Å². The van der Waals surface area contributed by atoms with Crippen LogP contribution in [0.3, 0.4) is 0 Å². The molecule has 0 saturated carbocycles. The minimum absolute atomic E-state index is 0.0488. The lowest BCUT2D eigenvalue weighted by Gasteiger charge is -2.23. The fourth-order valence-corrected chi connectivity index (χ4v) is 2.56. The maximum Gasteiger partial charge on any atom is 0.240 e. The zero-order chi connectivity index (χ0) is 13.7. The number of likely N-dealkylation sites (N-methyl/N-ethyl adjacent to an activating group) is 1. The van der Waals surface area contributed by atoms with Crippen molar-refractivity contribution in [3.8, 4) is 0 Å². The third kappa shape index (κ3) is 3.20. The van der Waals surface area contributed by atoms with Crippen molar-refractivity contribution in [1.29, 1.82) is 0 Å². The van der Waals surface area contributed by atoms with E-state index in [4.69, 9.17) is 0 Å². The van der Waals surface area contributed by atoms with Crippen molar-refractivity contribution in [1.82, 2.24) is 10.2 Å². The summed E-state index contributed by atoms with van der Waals surface area (Å²) in [6.45, 7) is 0.669. The summed E-state index contributed by atoms with van der Waals surface area (Å²) in [6.07, 6.45) is 3.19. The molecule has 1 N–H and O–H groups in total. The van der Waals surface area contributed by atoms with Crippen molar-refractivity contribution in [2.75, 3.05) is 13.6 Å². The summed E-state index contributed by atoms with van der Waals surface area (Å²) in [6, 6.07) is 9.62. The summed E-state index contributed by atoms with van der Waals surface area (Å²) >= 11 is 0. The Hall–Kier alpha value is -1.68. The molecule has 1 aromatic rings. The molecule has 0 radical (unpaired) electrons. The van der Waals surface area contributed by atoms with Gasteiger partial charge in [0.1, 0.15) is 6.29 Å². The van der Waals surface area contributed by atoms with Crippen LogP contribution in [0.15, 0.2) is 30.3 Å². The van der Waals surface area contributed by atoms with Crippen LogP contribution >= 0.6 is 0 Å². The number of carbonyl (C=O) groups is 2. The lowest BCUT2D eigenvalue weighted by Crippen LogP contribution is -2.42. The summed E-state index contributed by atoms with van der Waals surface area (Å²) in [5, 5.41) is 2.99. The number of hydrogen-bond donors (Lipinski definition) is 1. The molecule has 4 nitrogen and oxygen atoms in total. The van der Waals surface area contributed by atoms with E-state index in [1.807, 2.05) is 30.3 Å². The topological polar surface area (TPSA) is 49.4 Å². The van der Waals surface area contributed by atoms with Crippen LogP contribution in [-0.4, -0.2) is 42.8 Å². The standard InChI is InChI=1S/C15H20N2O2/c1-16-14-9-10-17(15(14)19)13(11-18)8-7-12-5-3-2-4-6-12/h2-6,11,13-14,16H,7-10H2,1H3. The van der Waals surface area contributed by atoms with Gasteiger partial charge in [-0.05, 0) is 31.9 Å². The minimum Gasteiger partial charge on any atom is -0.332 e. The molecular formula is C15H20N2O2. The number of rotatable bonds is 6. The van der Waals surface area contributed by atoms with Crippen molar-refractivity contribution in [3.05, 3.63) is 35.9 Å². The molecule has 0 aliphatic carbocycles. The van der Waals surface area contributed by atoms with E-state index in [0.717, 1.165) is 19.1 Å². The van der Waals surface area contributed by atoms with Crippen molar-refractivity contribution in [3.63, 3.8) is 0 Å². The lowest BCUT2D eigenvalue weighted by atomic mass is 10.1. The molecule has 1 aliphatic heterocycles. The molecular weight excluding hydrogens is 240 g/mol. The van der Waals surface area contributed by atoms with Gasteiger partial charge in [0, 0.05) is 6.54 Å².